The van der Waals surface area contributed by atoms with Crippen LogP contribution in [0, 0.1) is 0 Å². The number of hydrogen-bond acceptors (Lipinski definition) is 7. The van der Waals surface area contributed by atoms with Crippen LogP contribution < -0.4 is 23.8 Å². The van der Waals surface area contributed by atoms with Gasteiger partial charge in [-0.05, 0) is 74.7 Å². The van der Waals surface area contributed by atoms with Gasteiger partial charge in [0.25, 0.3) is 10.0 Å². The molecule has 1 N–H and O–H groups in total. The van der Waals surface area contributed by atoms with Gasteiger partial charge in [-0.2, -0.15) is 0 Å². The van der Waals surface area contributed by atoms with Crippen molar-refractivity contribution in [2.75, 3.05) is 31.7 Å². The van der Waals surface area contributed by atoms with Crippen LogP contribution in [0.2, 0.25) is 5.02 Å². The Kier molecular flexibility index (Phi) is 12.9. The lowest BCUT2D eigenvalue weighted by molar-refractivity contribution is -0.140. The topological polar surface area (TPSA) is 114 Å². The van der Waals surface area contributed by atoms with Crippen molar-refractivity contribution in [1.82, 2.24) is 10.2 Å². The molecule has 10 nitrogen and oxygen atoms in total. The van der Waals surface area contributed by atoms with E-state index in [-0.39, 0.29) is 34.8 Å². The summed E-state index contributed by atoms with van der Waals surface area (Å²) in [6, 6.07) is 16.7. The molecule has 0 radical (unpaired) electrons. The predicted molar refractivity (Wildman–Crippen MR) is 176 cm³/mol. The zero-order valence-corrected chi connectivity index (χ0v) is 28.2. The van der Waals surface area contributed by atoms with Gasteiger partial charge in [-0.3, -0.25) is 13.9 Å². The molecule has 45 heavy (non-hydrogen) atoms. The predicted octanol–water partition coefficient (Wildman–Crippen LogP) is 5.67. The molecule has 0 aliphatic heterocycles. The summed E-state index contributed by atoms with van der Waals surface area (Å²) in [5, 5.41) is 3.39. The lowest BCUT2D eigenvalue weighted by Gasteiger charge is -2.34. The molecule has 3 aromatic carbocycles. The number of nitrogens with one attached hydrogen (secondary N) is 1. The molecule has 0 bridgehead atoms. The SMILES string of the molecule is CCOc1ccc(N(CC(=O)N(Cc2ccccc2Cl)C(CC)C(=O)NC(C)CC)S(=O)(=O)c2ccc(OC)c(OC)c2)cc1. The van der Waals surface area contributed by atoms with Crippen LogP contribution in [0.25, 0.3) is 0 Å². The summed E-state index contributed by atoms with van der Waals surface area (Å²) in [7, 11) is -1.48. The number of methoxy groups -OCH3 is 2. The molecule has 0 aliphatic rings. The summed E-state index contributed by atoms with van der Waals surface area (Å²) < 4.78 is 45.7. The normalized spacial score (nSPS) is 12.5. The average Bonchev–Trinajstić information content (AvgIpc) is 3.04. The first-order valence-corrected chi connectivity index (χ1v) is 16.6. The molecule has 2 amide bonds. The minimum absolute atomic E-state index is 0.00152. The molecule has 12 heteroatoms. The van der Waals surface area contributed by atoms with E-state index in [1.54, 1.807) is 55.5 Å². The van der Waals surface area contributed by atoms with Crippen molar-refractivity contribution in [3.8, 4) is 17.2 Å². The molecule has 2 unspecified atom stereocenters. The zero-order valence-electron chi connectivity index (χ0n) is 26.6. The average molecular weight is 660 g/mol. The van der Waals surface area contributed by atoms with E-state index in [9.17, 15) is 18.0 Å². The lowest BCUT2D eigenvalue weighted by atomic mass is 10.1. The number of hydrogen-bond donors (Lipinski definition) is 1. The van der Waals surface area contributed by atoms with Crippen molar-refractivity contribution in [3.05, 3.63) is 77.3 Å². The number of sulfonamides is 1. The van der Waals surface area contributed by atoms with Crippen LogP contribution in [0.1, 0.15) is 46.1 Å². The summed E-state index contributed by atoms with van der Waals surface area (Å²) in [6.07, 6.45) is 1.000. The minimum atomic E-state index is -4.34. The maximum atomic E-state index is 14.3. The molecular weight excluding hydrogens is 618 g/mol. The van der Waals surface area contributed by atoms with Gasteiger partial charge in [0.05, 0.1) is 31.4 Å². The monoisotopic (exact) mass is 659 g/mol. The highest BCUT2D eigenvalue weighted by molar-refractivity contribution is 7.92. The molecular formula is C33H42ClN3O7S. The Morgan fingerprint density at radius 2 is 1.58 bits per heavy atom. The number of benzene rings is 3. The lowest BCUT2D eigenvalue weighted by Crippen LogP contribution is -2.53. The number of rotatable bonds is 16. The molecule has 244 valence electrons. The molecule has 0 spiro atoms. The summed E-state index contributed by atoms with van der Waals surface area (Å²) in [5.41, 5.74) is 0.856. The molecule has 0 saturated carbocycles. The van der Waals surface area contributed by atoms with Gasteiger partial charge in [0, 0.05) is 23.7 Å². The molecule has 2 atom stereocenters. The second kappa shape index (κ2) is 16.4. The molecule has 0 saturated heterocycles. The maximum Gasteiger partial charge on any atom is 0.264 e. The number of amides is 2. The van der Waals surface area contributed by atoms with Crippen molar-refractivity contribution in [2.45, 2.75) is 64.1 Å². The number of nitrogens with zero attached hydrogens (tertiary/aromatic N) is 2. The summed E-state index contributed by atoms with van der Waals surface area (Å²) in [4.78, 5) is 29.0. The quantitative estimate of drug-likeness (QED) is 0.211. The highest BCUT2D eigenvalue weighted by Crippen LogP contribution is 2.33. The summed E-state index contributed by atoms with van der Waals surface area (Å²) in [5.74, 6) is 0.194. The summed E-state index contributed by atoms with van der Waals surface area (Å²) >= 11 is 6.48. The van der Waals surface area contributed by atoms with Crippen LogP contribution in [0.4, 0.5) is 5.69 Å². The standard InChI is InChI=1S/C33H42ClN3O7S/c1-7-23(4)35-33(39)29(8-2)36(21-24-12-10-11-13-28(24)34)32(38)22-37(25-14-16-26(17-15-25)44-9-3)45(40,41)27-18-19-30(42-5)31(20-27)43-6/h10-20,23,29H,7-9,21-22H2,1-6H3,(H,35,39). The van der Waals surface area contributed by atoms with E-state index < -0.39 is 28.5 Å². The number of ether oxygens (including phenoxy) is 3. The van der Waals surface area contributed by atoms with E-state index in [0.717, 1.165) is 4.31 Å². The molecule has 0 fully saturated rings. The Hall–Kier alpha value is -3.96. The first-order valence-electron chi connectivity index (χ1n) is 14.8. The fourth-order valence-corrected chi connectivity index (χ4v) is 6.30. The minimum Gasteiger partial charge on any atom is -0.494 e. The third kappa shape index (κ3) is 8.82. The van der Waals surface area contributed by atoms with Crippen molar-refractivity contribution >= 4 is 39.1 Å². The Labute approximate surface area is 271 Å². The van der Waals surface area contributed by atoms with Gasteiger partial charge in [-0.1, -0.05) is 43.6 Å². The molecule has 0 aromatic heterocycles. The van der Waals surface area contributed by atoms with E-state index in [1.165, 1.54) is 37.3 Å². The largest absolute Gasteiger partial charge is 0.494 e. The molecule has 3 rings (SSSR count). The van der Waals surface area contributed by atoms with Crippen LogP contribution in [0.5, 0.6) is 17.2 Å². The van der Waals surface area contributed by atoms with Gasteiger partial charge < -0.3 is 24.4 Å². The van der Waals surface area contributed by atoms with Gasteiger partial charge in [0.15, 0.2) is 11.5 Å². The Morgan fingerprint density at radius 1 is 0.911 bits per heavy atom. The summed E-state index contributed by atoms with van der Waals surface area (Å²) in [6.45, 7) is 7.31. The number of carbonyl (C=O) groups excluding carboxylic acids is 2. The highest BCUT2D eigenvalue weighted by Gasteiger charge is 2.34. The Balaban J connectivity index is 2.12. The van der Waals surface area contributed by atoms with Gasteiger partial charge in [0.2, 0.25) is 11.8 Å². The fraction of sp³-hybridized carbons (Fsp3) is 0.394. The van der Waals surface area contributed by atoms with Gasteiger partial charge in [0.1, 0.15) is 18.3 Å². The van der Waals surface area contributed by atoms with E-state index in [4.69, 9.17) is 25.8 Å². The molecule has 3 aromatic rings. The van der Waals surface area contributed by atoms with E-state index in [1.807, 2.05) is 20.8 Å². The van der Waals surface area contributed by atoms with Gasteiger partial charge >= 0.3 is 0 Å². The van der Waals surface area contributed by atoms with E-state index >= 15 is 0 Å². The van der Waals surface area contributed by atoms with Crippen LogP contribution in [-0.2, 0) is 26.2 Å². The van der Waals surface area contributed by atoms with Crippen LogP contribution >= 0.6 is 11.6 Å². The highest BCUT2D eigenvalue weighted by atomic mass is 35.5. The smallest absolute Gasteiger partial charge is 0.264 e. The molecule has 0 heterocycles. The fourth-order valence-electron chi connectivity index (χ4n) is 4.68. The zero-order chi connectivity index (χ0) is 33.1. The van der Waals surface area contributed by atoms with Crippen LogP contribution in [-0.4, -0.2) is 64.6 Å². The Bertz CT molecular complexity index is 1550. The van der Waals surface area contributed by atoms with Crippen molar-refractivity contribution < 1.29 is 32.2 Å². The van der Waals surface area contributed by atoms with E-state index in [0.29, 0.717) is 41.5 Å². The van der Waals surface area contributed by atoms with E-state index in [2.05, 4.69) is 5.32 Å². The first kappa shape index (κ1) is 35.5. The van der Waals surface area contributed by atoms with Crippen LogP contribution in [0.15, 0.2) is 71.6 Å². The molecule has 0 aliphatic carbocycles. The first-order chi connectivity index (χ1) is 21.5. The maximum absolute atomic E-state index is 14.3. The van der Waals surface area contributed by atoms with Gasteiger partial charge in [-0.25, -0.2) is 8.42 Å². The Morgan fingerprint density at radius 3 is 2.16 bits per heavy atom. The van der Waals surface area contributed by atoms with Crippen molar-refractivity contribution in [2.24, 2.45) is 0 Å². The third-order valence-electron chi connectivity index (χ3n) is 7.34. The number of anilines is 1. The second-order valence-electron chi connectivity index (χ2n) is 10.3. The number of halogens is 1. The van der Waals surface area contributed by atoms with Crippen LogP contribution in [0.3, 0.4) is 0 Å². The second-order valence-corrected chi connectivity index (χ2v) is 12.6. The number of carbonyl (C=O) groups is 2. The van der Waals surface area contributed by atoms with Crippen molar-refractivity contribution in [3.63, 3.8) is 0 Å². The van der Waals surface area contributed by atoms with Gasteiger partial charge in [-0.15, -0.1) is 0 Å². The third-order valence-corrected chi connectivity index (χ3v) is 9.48. The van der Waals surface area contributed by atoms with Crippen molar-refractivity contribution in [1.29, 1.82) is 0 Å².